The summed E-state index contributed by atoms with van der Waals surface area (Å²) in [5.41, 5.74) is 0. The molecule has 2 rings (SSSR count). The van der Waals surface area contributed by atoms with Crippen LogP contribution in [0.2, 0.25) is 0 Å². The van der Waals surface area contributed by atoms with Gasteiger partial charge in [0.1, 0.15) is 0 Å². The Morgan fingerprint density at radius 1 is 1.05 bits per heavy atom. The van der Waals surface area contributed by atoms with Gasteiger partial charge in [-0.05, 0) is 43.0 Å². The van der Waals surface area contributed by atoms with Crippen LogP contribution in [0.1, 0.15) is 32.6 Å². The lowest BCUT2D eigenvalue weighted by Gasteiger charge is -2.27. The monoisotopic (exact) mass is 351 g/mol. The fraction of sp³-hybridized carbons (Fsp3) is 0.538. The molecule has 8 heteroatoms. The third kappa shape index (κ3) is 4.42. The first-order valence-electron chi connectivity index (χ1n) is 6.75. The Morgan fingerprint density at radius 2 is 1.62 bits per heavy atom. The van der Waals surface area contributed by atoms with Gasteiger partial charge in [0.05, 0.1) is 9.79 Å². The van der Waals surface area contributed by atoms with Gasteiger partial charge in [0.15, 0.2) is 0 Å². The van der Waals surface area contributed by atoms with Crippen molar-refractivity contribution in [1.29, 1.82) is 0 Å². The lowest BCUT2D eigenvalue weighted by molar-refractivity contribution is 0.327. The van der Waals surface area contributed by atoms with Crippen molar-refractivity contribution >= 4 is 29.8 Å². The molecule has 0 spiro atoms. The average molecular weight is 352 g/mol. The highest BCUT2D eigenvalue weighted by Crippen LogP contribution is 2.25. The third-order valence-corrected chi connectivity index (χ3v) is 6.58. The molecule has 1 saturated carbocycles. The van der Waals surface area contributed by atoms with Crippen molar-refractivity contribution in [2.75, 3.05) is 0 Å². The predicted molar refractivity (Wildman–Crippen MR) is 81.2 cm³/mol. The fourth-order valence-corrected chi connectivity index (χ4v) is 4.66. The van der Waals surface area contributed by atoms with Crippen LogP contribution in [-0.2, 0) is 19.1 Å². The van der Waals surface area contributed by atoms with E-state index in [0.717, 1.165) is 25.7 Å². The standard InChI is InChI=1S/C13H18ClNO4S2/c1-10-3-2-4-11(9-10)15-21(18,19)13-7-5-12(6-8-13)20(14,16)17/h5-8,10-11,15H,2-4,9H2,1H3. The number of rotatable bonds is 4. The van der Waals surface area contributed by atoms with Crippen molar-refractivity contribution in [3.05, 3.63) is 24.3 Å². The number of sulfonamides is 1. The minimum Gasteiger partial charge on any atom is -0.208 e. The van der Waals surface area contributed by atoms with Crippen LogP contribution >= 0.6 is 10.7 Å². The van der Waals surface area contributed by atoms with E-state index in [-0.39, 0.29) is 15.8 Å². The Kier molecular flexibility index (Phi) is 4.97. The summed E-state index contributed by atoms with van der Waals surface area (Å²) >= 11 is 0. The molecule has 1 aromatic rings. The van der Waals surface area contributed by atoms with Gasteiger partial charge < -0.3 is 0 Å². The van der Waals surface area contributed by atoms with Crippen molar-refractivity contribution in [3.63, 3.8) is 0 Å². The topological polar surface area (TPSA) is 80.3 Å². The molecule has 0 radical (unpaired) electrons. The molecule has 118 valence electrons. The smallest absolute Gasteiger partial charge is 0.208 e. The molecule has 1 aliphatic carbocycles. The minimum absolute atomic E-state index is 0.0461. The number of benzene rings is 1. The molecular weight excluding hydrogens is 334 g/mol. The molecule has 0 heterocycles. The molecule has 0 bridgehead atoms. The summed E-state index contributed by atoms with van der Waals surface area (Å²) in [5.74, 6) is 0.509. The van der Waals surface area contributed by atoms with Crippen LogP contribution in [-0.4, -0.2) is 22.9 Å². The van der Waals surface area contributed by atoms with Gasteiger partial charge in [0.25, 0.3) is 9.05 Å². The highest BCUT2D eigenvalue weighted by Gasteiger charge is 2.25. The molecule has 1 aromatic carbocycles. The molecule has 1 aliphatic rings. The van der Waals surface area contributed by atoms with Gasteiger partial charge in [-0.1, -0.05) is 19.8 Å². The van der Waals surface area contributed by atoms with Gasteiger partial charge in [-0.2, -0.15) is 0 Å². The van der Waals surface area contributed by atoms with E-state index < -0.39 is 19.1 Å². The second-order valence-electron chi connectivity index (χ2n) is 5.50. The SMILES string of the molecule is CC1CCCC(NS(=O)(=O)c2ccc(S(=O)(=O)Cl)cc2)C1. The number of hydrogen-bond acceptors (Lipinski definition) is 4. The summed E-state index contributed by atoms with van der Waals surface area (Å²) in [6.45, 7) is 2.11. The molecule has 2 unspecified atom stereocenters. The lowest BCUT2D eigenvalue weighted by atomic mass is 9.88. The lowest BCUT2D eigenvalue weighted by Crippen LogP contribution is -2.37. The molecule has 1 fully saturated rings. The summed E-state index contributed by atoms with van der Waals surface area (Å²) in [6.07, 6.45) is 3.80. The van der Waals surface area contributed by atoms with E-state index in [2.05, 4.69) is 11.6 Å². The summed E-state index contributed by atoms with van der Waals surface area (Å²) in [5, 5.41) is 0. The van der Waals surface area contributed by atoms with Crippen LogP contribution in [0.4, 0.5) is 0 Å². The second kappa shape index (κ2) is 6.24. The predicted octanol–water partition coefficient (Wildman–Crippen LogP) is 2.47. The van der Waals surface area contributed by atoms with Crippen molar-refractivity contribution in [3.8, 4) is 0 Å². The maximum absolute atomic E-state index is 12.3. The van der Waals surface area contributed by atoms with E-state index in [1.54, 1.807) is 0 Å². The largest absolute Gasteiger partial charge is 0.261 e. The quantitative estimate of drug-likeness (QED) is 0.845. The molecule has 0 aromatic heterocycles. The maximum atomic E-state index is 12.3. The van der Waals surface area contributed by atoms with E-state index in [4.69, 9.17) is 10.7 Å². The zero-order valence-electron chi connectivity index (χ0n) is 11.6. The molecule has 0 amide bonds. The first kappa shape index (κ1) is 16.7. The molecule has 21 heavy (non-hydrogen) atoms. The maximum Gasteiger partial charge on any atom is 0.261 e. The highest BCUT2D eigenvalue weighted by molar-refractivity contribution is 8.13. The Labute approximate surface area is 130 Å². The molecule has 0 aliphatic heterocycles. The number of halogens is 1. The van der Waals surface area contributed by atoms with Crippen molar-refractivity contribution < 1.29 is 16.8 Å². The van der Waals surface area contributed by atoms with Crippen molar-refractivity contribution in [2.24, 2.45) is 5.92 Å². The summed E-state index contributed by atoms with van der Waals surface area (Å²) < 4.78 is 49.5. The minimum atomic E-state index is -3.84. The molecule has 2 atom stereocenters. The van der Waals surface area contributed by atoms with Gasteiger partial charge in [-0.15, -0.1) is 0 Å². The number of hydrogen-bond donors (Lipinski definition) is 1. The van der Waals surface area contributed by atoms with Crippen LogP contribution in [0, 0.1) is 5.92 Å². The first-order valence-corrected chi connectivity index (χ1v) is 10.5. The summed E-state index contributed by atoms with van der Waals surface area (Å²) in [6, 6.07) is 4.84. The van der Waals surface area contributed by atoms with Gasteiger partial charge in [0.2, 0.25) is 10.0 Å². The second-order valence-corrected chi connectivity index (χ2v) is 9.78. The van der Waals surface area contributed by atoms with E-state index in [1.807, 2.05) is 0 Å². The van der Waals surface area contributed by atoms with Crippen LogP contribution in [0.3, 0.4) is 0 Å². The van der Waals surface area contributed by atoms with Gasteiger partial charge in [-0.3, -0.25) is 0 Å². The molecule has 0 saturated heterocycles. The summed E-state index contributed by atoms with van der Waals surface area (Å²) in [7, 11) is -2.27. The molecule has 5 nitrogen and oxygen atoms in total. The fourth-order valence-electron chi connectivity index (χ4n) is 2.61. The van der Waals surface area contributed by atoms with Gasteiger partial charge in [0, 0.05) is 16.7 Å². The first-order chi connectivity index (χ1) is 9.68. The zero-order valence-corrected chi connectivity index (χ0v) is 14.0. The number of nitrogens with one attached hydrogen (secondary N) is 1. The zero-order chi connectivity index (χ0) is 15.7. The van der Waals surface area contributed by atoms with Crippen LogP contribution in [0.15, 0.2) is 34.1 Å². The third-order valence-electron chi connectivity index (χ3n) is 3.67. The Hall–Kier alpha value is -0.630. The van der Waals surface area contributed by atoms with Crippen LogP contribution in [0.25, 0.3) is 0 Å². The highest BCUT2D eigenvalue weighted by atomic mass is 35.7. The van der Waals surface area contributed by atoms with Crippen molar-refractivity contribution in [1.82, 2.24) is 4.72 Å². The average Bonchev–Trinajstić information content (AvgIpc) is 2.37. The van der Waals surface area contributed by atoms with Crippen LogP contribution in [0.5, 0.6) is 0 Å². The van der Waals surface area contributed by atoms with E-state index >= 15 is 0 Å². The normalized spacial score (nSPS) is 23.9. The van der Waals surface area contributed by atoms with Gasteiger partial charge >= 0.3 is 0 Å². The Morgan fingerprint density at radius 3 is 2.14 bits per heavy atom. The van der Waals surface area contributed by atoms with E-state index in [0.29, 0.717) is 5.92 Å². The van der Waals surface area contributed by atoms with Crippen molar-refractivity contribution in [2.45, 2.75) is 48.4 Å². The van der Waals surface area contributed by atoms with Crippen LogP contribution < -0.4 is 4.72 Å². The molecule has 1 N–H and O–H groups in total. The van der Waals surface area contributed by atoms with Gasteiger partial charge in [-0.25, -0.2) is 21.6 Å². The molecular formula is C13H18ClNO4S2. The summed E-state index contributed by atoms with van der Waals surface area (Å²) in [4.78, 5) is -0.0702. The van der Waals surface area contributed by atoms with E-state index in [9.17, 15) is 16.8 Å². The Balaban J connectivity index is 2.16. The Bertz CT molecular complexity index is 698. The van der Waals surface area contributed by atoms with E-state index in [1.165, 1.54) is 24.3 Å².